The zero-order valence-electron chi connectivity index (χ0n) is 14.2. The van der Waals surface area contributed by atoms with Gasteiger partial charge in [-0.3, -0.25) is 0 Å². The van der Waals surface area contributed by atoms with Gasteiger partial charge in [0, 0.05) is 38.8 Å². The van der Waals surface area contributed by atoms with Crippen LogP contribution < -0.4 is 10.6 Å². The smallest absolute Gasteiger partial charge is 0.138 e. The number of aromatic nitrogens is 2. The molecular formula is C15H28N4O2. The van der Waals surface area contributed by atoms with E-state index in [1.807, 2.05) is 14.0 Å². The van der Waals surface area contributed by atoms with E-state index in [4.69, 9.17) is 9.47 Å². The lowest BCUT2D eigenvalue weighted by atomic mass is 9.95. The first-order valence-electron chi connectivity index (χ1n) is 7.16. The van der Waals surface area contributed by atoms with Crippen molar-refractivity contribution in [1.29, 1.82) is 0 Å². The second kappa shape index (κ2) is 7.56. The molecule has 1 aromatic heterocycles. The van der Waals surface area contributed by atoms with Gasteiger partial charge in [0.1, 0.15) is 17.5 Å². The summed E-state index contributed by atoms with van der Waals surface area (Å²) in [6.07, 6.45) is -0.0134. The minimum absolute atomic E-state index is 0.0134. The number of ether oxygens (including phenoxy) is 2. The fourth-order valence-electron chi connectivity index (χ4n) is 1.87. The predicted octanol–water partition coefficient (Wildman–Crippen LogP) is 2.20. The highest BCUT2D eigenvalue weighted by atomic mass is 16.5. The van der Waals surface area contributed by atoms with Crippen molar-refractivity contribution < 1.29 is 9.47 Å². The van der Waals surface area contributed by atoms with E-state index in [0.29, 0.717) is 13.2 Å². The van der Waals surface area contributed by atoms with Gasteiger partial charge in [-0.2, -0.15) is 0 Å². The van der Waals surface area contributed by atoms with Crippen LogP contribution in [0.1, 0.15) is 32.2 Å². The highest BCUT2D eigenvalue weighted by molar-refractivity contribution is 5.57. The maximum absolute atomic E-state index is 5.36. The van der Waals surface area contributed by atoms with E-state index in [1.165, 1.54) is 0 Å². The number of anilines is 2. The Morgan fingerprint density at radius 2 is 1.76 bits per heavy atom. The van der Waals surface area contributed by atoms with Gasteiger partial charge in [-0.15, -0.1) is 0 Å². The van der Waals surface area contributed by atoms with Crippen molar-refractivity contribution in [3.8, 4) is 0 Å². The summed E-state index contributed by atoms with van der Waals surface area (Å²) in [5.41, 5.74) is 0.890. The Labute approximate surface area is 127 Å². The molecule has 120 valence electrons. The summed E-state index contributed by atoms with van der Waals surface area (Å²) < 4.78 is 10.5. The number of hydrogen-bond acceptors (Lipinski definition) is 6. The first-order chi connectivity index (χ1) is 9.83. The number of nitrogens with one attached hydrogen (secondary N) is 2. The van der Waals surface area contributed by atoms with E-state index in [-0.39, 0.29) is 11.5 Å². The van der Waals surface area contributed by atoms with Gasteiger partial charge in [0.15, 0.2) is 0 Å². The van der Waals surface area contributed by atoms with Crippen LogP contribution in [0.3, 0.4) is 0 Å². The molecule has 21 heavy (non-hydrogen) atoms. The molecule has 0 radical (unpaired) electrons. The van der Waals surface area contributed by atoms with E-state index in [1.54, 1.807) is 14.2 Å². The van der Waals surface area contributed by atoms with Gasteiger partial charge in [0.25, 0.3) is 0 Å². The summed E-state index contributed by atoms with van der Waals surface area (Å²) in [5, 5.41) is 6.47. The molecule has 1 aromatic rings. The topological polar surface area (TPSA) is 68.3 Å². The van der Waals surface area contributed by atoms with E-state index in [2.05, 4.69) is 41.4 Å². The normalized spacial score (nSPS) is 13.1. The Morgan fingerprint density at radius 1 is 1.14 bits per heavy atom. The van der Waals surface area contributed by atoms with Gasteiger partial charge in [-0.1, -0.05) is 20.8 Å². The van der Waals surface area contributed by atoms with Crippen molar-refractivity contribution in [2.45, 2.75) is 39.2 Å². The Bertz CT molecular complexity index is 458. The highest BCUT2D eigenvalue weighted by Crippen LogP contribution is 2.26. The molecule has 0 saturated carbocycles. The third-order valence-electron chi connectivity index (χ3n) is 3.24. The monoisotopic (exact) mass is 296 g/mol. The molecule has 0 aliphatic carbocycles. The Morgan fingerprint density at radius 3 is 2.24 bits per heavy atom. The fraction of sp³-hybridized carbons (Fsp3) is 0.733. The molecule has 6 nitrogen and oxygen atoms in total. The quantitative estimate of drug-likeness (QED) is 0.804. The van der Waals surface area contributed by atoms with Crippen molar-refractivity contribution in [3.05, 3.63) is 11.4 Å². The van der Waals surface area contributed by atoms with Crippen LogP contribution in [0, 0.1) is 6.92 Å². The SMILES string of the molecule is CNc1nc(C(C)(C)C)nc(NCC(COC)OC)c1C. The molecule has 1 atom stereocenters. The Hall–Kier alpha value is -1.40. The number of nitrogens with zero attached hydrogens (tertiary/aromatic N) is 2. The number of methoxy groups -OCH3 is 2. The molecule has 0 bridgehead atoms. The minimum Gasteiger partial charge on any atom is -0.382 e. The third kappa shape index (κ3) is 4.82. The molecule has 1 rings (SSSR count). The lowest BCUT2D eigenvalue weighted by Crippen LogP contribution is -2.28. The molecule has 0 fully saturated rings. The summed E-state index contributed by atoms with van der Waals surface area (Å²) in [6, 6.07) is 0. The molecule has 1 unspecified atom stereocenters. The Balaban J connectivity index is 2.99. The van der Waals surface area contributed by atoms with Crippen LogP contribution in [0.4, 0.5) is 11.6 Å². The van der Waals surface area contributed by atoms with Gasteiger partial charge in [-0.05, 0) is 6.92 Å². The first kappa shape index (κ1) is 17.7. The van der Waals surface area contributed by atoms with Crippen molar-refractivity contribution in [3.63, 3.8) is 0 Å². The standard InChI is InChI=1S/C15H28N4O2/c1-10-12(16-5)18-14(15(2,3)4)19-13(10)17-8-11(21-7)9-20-6/h11H,8-9H2,1-7H3,(H2,16,17,18,19). The first-order valence-corrected chi connectivity index (χ1v) is 7.16. The van der Waals surface area contributed by atoms with Crippen molar-refractivity contribution in [2.24, 2.45) is 0 Å². The van der Waals surface area contributed by atoms with Gasteiger partial charge < -0.3 is 20.1 Å². The molecule has 2 N–H and O–H groups in total. The molecule has 0 aliphatic rings. The van der Waals surface area contributed by atoms with Gasteiger partial charge >= 0.3 is 0 Å². The molecule has 0 saturated heterocycles. The number of hydrogen-bond donors (Lipinski definition) is 2. The van der Waals surface area contributed by atoms with Crippen LogP contribution in [-0.4, -0.2) is 50.5 Å². The largest absolute Gasteiger partial charge is 0.382 e. The number of rotatable bonds is 7. The lowest BCUT2D eigenvalue weighted by Gasteiger charge is -2.22. The molecular weight excluding hydrogens is 268 g/mol. The van der Waals surface area contributed by atoms with Crippen LogP contribution >= 0.6 is 0 Å². The molecule has 0 amide bonds. The molecule has 6 heteroatoms. The summed E-state index contributed by atoms with van der Waals surface area (Å²) in [5.74, 6) is 2.48. The van der Waals surface area contributed by atoms with Gasteiger partial charge in [0.2, 0.25) is 0 Å². The molecule has 0 aromatic carbocycles. The maximum atomic E-state index is 5.36. The average molecular weight is 296 g/mol. The molecule has 0 aliphatic heterocycles. The van der Waals surface area contributed by atoms with Crippen LogP contribution in [0.5, 0.6) is 0 Å². The van der Waals surface area contributed by atoms with Crippen LogP contribution in [-0.2, 0) is 14.9 Å². The van der Waals surface area contributed by atoms with Crippen molar-refractivity contribution in [2.75, 3.05) is 45.1 Å². The Kier molecular flexibility index (Phi) is 6.36. The van der Waals surface area contributed by atoms with Gasteiger partial charge in [0.05, 0.1) is 12.7 Å². The fourth-order valence-corrected chi connectivity index (χ4v) is 1.87. The minimum atomic E-state index is -0.108. The summed E-state index contributed by atoms with van der Waals surface area (Å²) in [4.78, 5) is 9.25. The third-order valence-corrected chi connectivity index (χ3v) is 3.24. The summed E-state index contributed by atoms with van der Waals surface area (Å²) >= 11 is 0. The van der Waals surface area contributed by atoms with E-state index in [9.17, 15) is 0 Å². The molecule has 1 heterocycles. The zero-order chi connectivity index (χ0) is 16.0. The van der Waals surface area contributed by atoms with Gasteiger partial charge in [-0.25, -0.2) is 9.97 Å². The second-order valence-corrected chi connectivity index (χ2v) is 6.06. The average Bonchev–Trinajstić information content (AvgIpc) is 2.43. The second-order valence-electron chi connectivity index (χ2n) is 6.06. The lowest BCUT2D eigenvalue weighted by molar-refractivity contribution is 0.0365. The maximum Gasteiger partial charge on any atom is 0.138 e. The summed E-state index contributed by atoms with van der Waals surface area (Å²) in [6.45, 7) is 9.48. The predicted molar refractivity (Wildman–Crippen MR) is 86.2 cm³/mol. The summed E-state index contributed by atoms with van der Waals surface area (Å²) in [7, 11) is 5.21. The highest BCUT2D eigenvalue weighted by Gasteiger charge is 2.21. The van der Waals surface area contributed by atoms with Crippen LogP contribution in [0.25, 0.3) is 0 Å². The van der Waals surface area contributed by atoms with Crippen LogP contribution in [0.2, 0.25) is 0 Å². The zero-order valence-corrected chi connectivity index (χ0v) is 14.2. The van der Waals surface area contributed by atoms with Crippen molar-refractivity contribution in [1.82, 2.24) is 9.97 Å². The van der Waals surface area contributed by atoms with Crippen molar-refractivity contribution >= 4 is 11.6 Å². The van der Waals surface area contributed by atoms with Crippen LogP contribution in [0.15, 0.2) is 0 Å². The molecule has 0 spiro atoms. The van der Waals surface area contributed by atoms with E-state index in [0.717, 1.165) is 23.0 Å². The van der Waals surface area contributed by atoms with E-state index < -0.39 is 0 Å². The van der Waals surface area contributed by atoms with E-state index >= 15 is 0 Å².